The van der Waals surface area contributed by atoms with E-state index in [0.29, 0.717) is 0 Å². The number of nitrogens with zero attached hydrogens (tertiary/aromatic N) is 1. The lowest BCUT2D eigenvalue weighted by molar-refractivity contribution is -0.672. The standard InChI is InChI=1S/C11H9FN2O4/c1-2-17-11(16)7-3-4-9(8(12)5-7)14-6-10(15)18-13-14/h3-6H,2H2,1H3/p+1. The number of nitrogens with one attached hydrogen (secondary N) is 1. The van der Waals surface area contributed by atoms with Crippen LogP contribution < -0.4 is 10.3 Å². The van der Waals surface area contributed by atoms with Gasteiger partial charge in [-0.2, -0.15) is 4.39 Å². The summed E-state index contributed by atoms with van der Waals surface area (Å²) >= 11 is 0. The maximum Gasteiger partial charge on any atom is 0.427 e. The van der Waals surface area contributed by atoms with Crippen LogP contribution in [0.25, 0.3) is 5.69 Å². The molecule has 2 rings (SSSR count). The molecule has 1 aromatic heterocycles. The second-order valence-electron chi connectivity index (χ2n) is 3.40. The van der Waals surface area contributed by atoms with Gasteiger partial charge in [-0.3, -0.25) is 4.52 Å². The number of ether oxygens (including phenoxy) is 1. The fourth-order valence-corrected chi connectivity index (χ4v) is 1.41. The third-order valence-electron chi connectivity index (χ3n) is 2.20. The molecule has 2 aromatic rings. The molecule has 94 valence electrons. The third-order valence-corrected chi connectivity index (χ3v) is 2.20. The van der Waals surface area contributed by atoms with Crippen LogP contribution in [-0.2, 0) is 4.74 Å². The lowest BCUT2D eigenvalue weighted by atomic mass is 10.2. The molecule has 0 aliphatic heterocycles. The zero-order valence-electron chi connectivity index (χ0n) is 9.47. The van der Waals surface area contributed by atoms with E-state index in [4.69, 9.17) is 4.74 Å². The minimum absolute atomic E-state index is 0.0638. The van der Waals surface area contributed by atoms with Gasteiger partial charge >= 0.3 is 11.6 Å². The Bertz CT molecular complexity index is 632. The zero-order chi connectivity index (χ0) is 13.1. The Hall–Kier alpha value is -2.44. The number of carbonyl (C=O) groups excluding carboxylic acids is 1. The van der Waals surface area contributed by atoms with Gasteiger partial charge in [0.2, 0.25) is 0 Å². The average Bonchev–Trinajstić information content (AvgIpc) is 2.76. The van der Waals surface area contributed by atoms with Crippen LogP contribution in [0.15, 0.2) is 33.7 Å². The molecule has 1 aromatic carbocycles. The largest absolute Gasteiger partial charge is 0.462 e. The number of benzene rings is 1. The minimum Gasteiger partial charge on any atom is -0.462 e. The number of hydrogen-bond donors (Lipinski definition) is 1. The maximum atomic E-state index is 13.8. The molecule has 1 N–H and O–H groups in total. The predicted octanol–water partition coefficient (Wildman–Crippen LogP) is 0.560. The summed E-state index contributed by atoms with van der Waals surface area (Å²) in [6, 6.07) is 3.77. The molecule has 0 saturated heterocycles. The van der Waals surface area contributed by atoms with Gasteiger partial charge in [-0.15, -0.1) is 0 Å². The topological polar surface area (TPSA) is 76.2 Å². The van der Waals surface area contributed by atoms with Crippen molar-refractivity contribution in [2.75, 3.05) is 6.61 Å². The average molecular weight is 253 g/mol. The number of hydrogen-bond acceptors (Lipinski definition) is 4. The van der Waals surface area contributed by atoms with Crippen LogP contribution in [0.1, 0.15) is 17.3 Å². The summed E-state index contributed by atoms with van der Waals surface area (Å²) < 4.78 is 24.0. The summed E-state index contributed by atoms with van der Waals surface area (Å²) in [5.74, 6) is -1.28. The van der Waals surface area contributed by atoms with Crippen LogP contribution in [0.5, 0.6) is 0 Å². The van der Waals surface area contributed by atoms with Gasteiger partial charge in [0.1, 0.15) is 0 Å². The van der Waals surface area contributed by atoms with Crippen LogP contribution in [0.2, 0.25) is 0 Å². The van der Waals surface area contributed by atoms with Crippen LogP contribution in [0.3, 0.4) is 0 Å². The number of halogens is 1. The highest BCUT2D eigenvalue weighted by molar-refractivity contribution is 5.89. The number of carbonyl (C=O) groups is 1. The first-order valence-electron chi connectivity index (χ1n) is 5.19. The second kappa shape index (κ2) is 4.82. The van der Waals surface area contributed by atoms with E-state index in [0.717, 1.165) is 16.9 Å². The molecule has 0 radical (unpaired) electrons. The Kier molecular flexibility index (Phi) is 3.22. The molecule has 0 bridgehead atoms. The van der Waals surface area contributed by atoms with Crippen LogP contribution in [-0.4, -0.2) is 17.8 Å². The van der Waals surface area contributed by atoms with E-state index in [-0.39, 0.29) is 17.9 Å². The van der Waals surface area contributed by atoms with E-state index >= 15 is 0 Å². The molecule has 0 aliphatic rings. The highest BCUT2D eigenvalue weighted by Crippen LogP contribution is 2.10. The van der Waals surface area contributed by atoms with E-state index in [1.807, 2.05) is 0 Å². The van der Waals surface area contributed by atoms with Gasteiger partial charge in [-0.05, 0) is 29.0 Å². The molecule has 0 amide bonds. The molecule has 0 unspecified atom stereocenters. The highest BCUT2D eigenvalue weighted by atomic mass is 19.1. The quantitative estimate of drug-likeness (QED) is 0.640. The number of aromatic amines is 1. The van der Waals surface area contributed by atoms with Crippen molar-refractivity contribution in [1.29, 1.82) is 0 Å². The van der Waals surface area contributed by atoms with E-state index in [2.05, 4.69) is 9.79 Å². The van der Waals surface area contributed by atoms with Gasteiger partial charge in [-0.25, -0.2) is 9.59 Å². The van der Waals surface area contributed by atoms with Crippen LogP contribution in [0, 0.1) is 5.82 Å². The van der Waals surface area contributed by atoms with Gasteiger partial charge in [0.05, 0.1) is 12.2 Å². The Labute approximate surface area is 101 Å². The van der Waals surface area contributed by atoms with Crippen molar-refractivity contribution in [2.45, 2.75) is 6.92 Å². The lowest BCUT2D eigenvalue weighted by Gasteiger charge is -2.01. The number of esters is 1. The molecule has 1 heterocycles. The molecular formula is C11H10FN2O4+. The lowest BCUT2D eigenvalue weighted by Crippen LogP contribution is -2.33. The van der Waals surface area contributed by atoms with Gasteiger partial charge in [0, 0.05) is 6.07 Å². The van der Waals surface area contributed by atoms with Crippen molar-refractivity contribution in [3.05, 3.63) is 46.2 Å². The molecule has 0 aliphatic carbocycles. The maximum absolute atomic E-state index is 13.8. The second-order valence-corrected chi connectivity index (χ2v) is 3.40. The Morgan fingerprint density at radius 1 is 1.56 bits per heavy atom. The Morgan fingerprint density at radius 3 is 2.89 bits per heavy atom. The number of rotatable bonds is 3. The third kappa shape index (κ3) is 2.29. The minimum atomic E-state index is -0.678. The summed E-state index contributed by atoms with van der Waals surface area (Å²) in [6.07, 6.45) is 1.04. The zero-order valence-corrected chi connectivity index (χ0v) is 9.47. The molecular weight excluding hydrogens is 243 g/mol. The Balaban J connectivity index is 2.36. The molecule has 0 spiro atoms. The molecule has 0 fully saturated rings. The van der Waals surface area contributed by atoms with Crippen molar-refractivity contribution < 1.29 is 23.1 Å². The molecule has 6 nitrogen and oxygen atoms in total. The monoisotopic (exact) mass is 253 g/mol. The Morgan fingerprint density at radius 2 is 2.33 bits per heavy atom. The first kappa shape index (κ1) is 12.0. The van der Waals surface area contributed by atoms with Gasteiger partial charge < -0.3 is 4.74 Å². The van der Waals surface area contributed by atoms with Gasteiger partial charge in [-0.1, -0.05) is 0 Å². The predicted molar refractivity (Wildman–Crippen MR) is 56.8 cm³/mol. The van der Waals surface area contributed by atoms with E-state index in [9.17, 15) is 14.0 Å². The summed E-state index contributed by atoms with van der Waals surface area (Å²) in [4.78, 5) is 22.2. The SMILES string of the molecule is CCOC(=O)c1ccc(-[n+]2cc(=O)o[nH]2)c(F)c1. The first-order chi connectivity index (χ1) is 8.61. The van der Waals surface area contributed by atoms with Gasteiger partial charge in [0.25, 0.3) is 11.9 Å². The molecule has 0 saturated carbocycles. The fraction of sp³-hybridized carbons (Fsp3) is 0.182. The molecule has 18 heavy (non-hydrogen) atoms. The normalized spacial score (nSPS) is 10.3. The fourth-order valence-electron chi connectivity index (χ4n) is 1.41. The summed E-state index contributed by atoms with van der Waals surface area (Å²) in [5, 5.41) is 2.21. The van der Waals surface area contributed by atoms with E-state index in [1.54, 1.807) is 6.92 Å². The number of aromatic nitrogens is 2. The van der Waals surface area contributed by atoms with Crippen LogP contribution >= 0.6 is 0 Å². The van der Waals surface area contributed by atoms with Crippen molar-refractivity contribution in [2.24, 2.45) is 0 Å². The van der Waals surface area contributed by atoms with Crippen molar-refractivity contribution in [1.82, 2.24) is 5.27 Å². The highest BCUT2D eigenvalue weighted by Gasteiger charge is 2.19. The summed E-state index contributed by atoms with van der Waals surface area (Å²) in [5.41, 5.74) is -0.470. The van der Waals surface area contributed by atoms with Crippen molar-refractivity contribution >= 4 is 5.97 Å². The smallest absolute Gasteiger partial charge is 0.427 e. The van der Waals surface area contributed by atoms with E-state index < -0.39 is 17.4 Å². The van der Waals surface area contributed by atoms with Crippen molar-refractivity contribution in [3.8, 4) is 5.69 Å². The van der Waals surface area contributed by atoms with Crippen molar-refractivity contribution in [3.63, 3.8) is 0 Å². The molecule has 7 heteroatoms. The first-order valence-corrected chi connectivity index (χ1v) is 5.19. The van der Waals surface area contributed by atoms with Crippen LogP contribution in [0.4, 0.5) is 4.39 Å². The summed E-state index contributed by atoms with van der Waals surface area (Å²) in [7, 11) is 0. The van der Waals surface area contributed by atoms with E-state index in [1.165, 1.54) is 12.1 Å². The summed E-state index contributed by atoms with van der Waals surface area (Å²) in [6.45, 7) is 1.88. The number of H-pyrrole nitrogens is 1. The molecule has 0 atom stereocenters. The van der Waals surface area contributed by atoms with Gasteiger partial charge in [0.15, 0.2) is 5.82 Å².